The van der Waals surface area contributed by atoms with Gasteiger partial charge < -0.3 is 4.74 Å². The Bertz CT molecular complexity index is 623. The Morgan fingerprint density at radius 2 is 1.80 bits per heavy atom. The number of ketones is 1. The fourth-order valence-corrected chi connectivity index (χ4v) is 7.38. The second-order valence-electron chi connectivity index (χ2n) is 9.76. The molecule has 0 radical (unpaired) electrons. The highest BCUT2D eigenvalue weighted by molar-refractivity contribution is 5.80. The van der Waals surface area contributed by atoms with Crippen molar-refractivity contribution in [1.29, 1.82) is 0 Å². The maximum absolute atomic E-state index is 12.1. The Balaban J connectivity index is 1.63. The Labute approximate surface area is 151 Å². The maximum atomic E-state index is 12.1. The molecular weight excluding hydrogens is 312 g/mol. The van der Waals surface area contributed by atoms with E-state index in [4.69, 9.17) is 4.74 Å². The average Bonchev–Trinajstić information content (AvgIpc) is 2.86. The quantitative estimate of drug-likeness (QED) is 0.512. The van der Waals surface area contributed by atoms with Crippen molar-refractivity contribution in [3.05, 3.63) is 12.2 Å². The summed E-state index contributed by atoms with van der Waals surface area (Å²) in [7, 11) is 0. The van der Waals surface area contributed by atoms with Gasteiger partial charge in [0.1, 0.15) is 11.9 Å². The Morgan fingerprint density at radius 1 is 1.08 bits per heavy atom. The highest BCUT2D eigenvalue weighted by atomic mass is 16.5. The van der Waals surface area contributed by atoms with Crippen molar-refractivity contribution in [2.45, 2.75) is 78.2 Å². The molecule has 0 aromatic carbocycles. The fourth-order valence-electron chi connectivity index (χ4n) is 7.38. The van der Waals surface area contributed by atoms with E-state index in [0.717, 1.165) is 38.5 Å². The van der Waals surface area contributed by atoms with Crippen LogP contribution in [0.25, 0.3) is 0 Å². The second kappa shape index (κ2) is 5.69. The van der Waals surface area contributed by atoms with Crippen LogP contribution < -0.4 is 0 Å². The van der Waals surface area contributed by atoms with E-state index >= 15 is 0 Å². The summed E-state index contributed by atoms with van der Waals surface area (Å²) in [5.41, 5.74) is 1.69. The van der Waals surface area contributed by atoms with Crippen LogP contribution in [0.5, 0.6) is 0 Å². The highest BCUT2D eigenvalue weighted by Gasteiger charge is 2.61. The molecule has 4 aliphatic rings. The van der Waals surface area contributed by atoms with Gasteiger partial charge in [-0.15, -0.1) is 0 Å². The summed E-state index contributed by atoms with van der Waals surface area (Å²) in [4.78, 5) is 23.6. The number of carbonyl (C=O) groups excluding carboxylic acids is 2. The number of hydrogen-bond acceptors (Lipinski definition) is 3. The third-order valence-corrected chi connectivity index (χ3v) is 8.67. The van der Waals surface area contributed by atoms with Crippen LogP contribution in [0.2, 0.25) is 0 Å². The number of hydrogen-bond donors (Lipinski definition) is 0. The molecule has 0 spiro atoms. The van der Waals surface area contributed by atoms with E-state index in [1.165, 1.54) is 25.3 Å². The SMILES string of the molecule is C=C1C[C@@H]2[C@@H](CC[C@]3(C)C(OC(C)=O)CC[C@@H]23)[C@@]2(C)CCC(=O)CC12. The molecule has 0 amide bonds. The van der Waals surface area contributed by atoms with Crippen molar-refractivity contribution < 1.29 is 14.3 Å². The third kappa shape index (κ3) is 2.44. The summed E-state index contributed by atoms with van der Waals surface area (Å²) in [5, 5.41) is 0. The van der Waals surface area contributed by atoms with E-state index in [9.17, 15) is 9.59 Å². The van der Waals surface area contributed by atoms with Crippen molar-refractivity contribution in [3.8, 4) is 0 Å². The molecule has 25 heavy (non-hydrogen) atoms. The molecule has 4 saturated carbocycles. The zero-order chi connectivity index (χ0) is 18.0. The molecule has 0 bridgehead atoms. The van der Waals surface area contributed by atoms with Crippen LogP contribution in [0.1, 0.15) is 72.1 Å². The van der Waals surface area contributed by atoms with Gasteiger partial charge in [0.2, 0.25) is 0 Å². The van der Waals surface area contributed by atoms with Crippen molar-refractivity contribution in [3.63, 3.8) is 0 Å². The Morgan fingerprint density at radius 3 is 2.52 bits per heavy atom. The monoisotopic (exact) mass is 344 g/mol. The van der Waals surface area contributed by atoms with E-state index in [1.807, 2.05) is 0 Å². The van der Waals surface area contributed by atoms with Crippen LogP contribution >= 0.6 is 0 Å². The Hall–Kier alpha value is -1.12. The molecule has 0 N–H and O–H groups in total. The minimum absolute atomic E-state index is 0.0858. The number of allylic oxidation sites excluding steroid dienone is 1. The first-order chi connectivity index (χ1) is 11.8. The molecule has 4 fully saturated rings. The predicted octanol–water partition coefficient (Wildman–Crippen LogP) is 4.70. The van der Waals surface area contributed by atoms with Crippen molar-refractivity contribution in [2.75, 3.05) is 0 Å². The zero-order valence-electron chi connectivity index (χ0n) is 16.0. The summed E-state index contributed by atoms with van der Waals surface area (Å²) in [6, 6.07) is 0. The first-order valence-electron chi connectivity index (χ1n) is 10.1. The lowest BCUT2D eigenvalue weighted by Crippen LogP contribution is -2.54. The molecule has 138 valence electrons. The molecular formula is C22H32O3. The van der Waals surface area contributed by atoms with Gasteiger partial charge in [-0.1, -0.05) is 26.0 Å². The predicted molar refractivity (Wildman–Crippen MR) is 96.8 cm³/mol. The molecule has 0 heterocycles. The summed E-state index contributed by atoms with van der Waals surface area (Å²) in [6.45, 7) is 10.8. The first kappa shape index (κ1) is 17.3. The normalized spacial score (nSPS) is 49.2. The van der Waals surface area contributed by atoms with Crippen molar-refractivity contribution >= 4 is 11.8 Å². The van der Waals surface area contributed by atoms with Gasteiger partial charge in [0.25, 0.3) is 0 Å². The van der Waals surface area contributed by atoms with Gasteiger partial charge >= 0.3 is 5.97 Å². The molecule has 0 saturated heterocycles. The molecule has 3 nitrogen and oxygen atoms in total. The van der Waals surface area contributed by atoms with Gasteiger partial charge in [0.15, 0.2) is 0 Å². The van der Waals surface area contributed by atoms with Gasteiger partial charge in [-0.05, 0) is 67.6 Å². The van der Waals surface area contributed by atoms with E-state index in [-0.39, 0.29) is 22.9 Å². The lowest BCUT2D eigenvalue weighted by Gasteiger charge is -2.60. The van der Waals surface area contributed by atoms with Gasteiger partial charge in [0, 0.05) is 25.2 Å². The van der Waals surface area contributed by atoms with Gasteiger partial charge in [-0.3, -0.25) is 9.59 Å². The number of esters is 1. The van der Waals surface area contributed by atoms with E-state index in [1.54, 1.807) is 0 Å². The van der Waals surface area contributed by atoms with E-state index < -0.39 is 0 Å². The summed E-state index contributed by atoms with van der Waals surface area (Å²) in [5.74, 6) is 2.66. The van der Waals surface area contributed by atoms with Crippen LogP contribution in [-0.4, -0.2) is 17.9 Å². The molecule has 0 aromatic rings. The standard InChI is InChI=1S/C22H32O3/c1-13-11-16-17-5-6-20(25-14(2)23)22(17,4)10-8-18(16)21(3)9-7-15(24)12-19(13)21/h16-20H,1,5-12H2,2-4H3/t16-,17-,18+,19?,20?,21+,22-/m0/s1. The highest BCUT2D eigenvalue weighted by Crippen LogP contribution is 2.67. The lowest BCUT2D eigenvalue weighted by atomic mass is 9.44. The molecule has 0 aliphatic heterocycles. The topological polar surface area (TPSA) is 43.4 Å². The molecule has 3 heteroatoms. The van der Waals surface area contributed by atoms with Crippen LogP contribution in [0.15, 0.2) is 12.2 Å². The third-order valence-electron chi connectivity index (χ3n) is 8.67. The van der Waals surface area contributed by atoms with Crippen molar-refractivity contribution in [1.82, 2.24) is 0 Å². The molecule has 4 aliphatic carbocycles. The maximum Gasteiger partial charge on any atom is 0.302 e. The van der Waals surface area contributed by atoms with E-state index in [0.29, 0.717) is 29.5 Å². The van der Waals surface area contributed by atoms with Crippen LogP contribution in [-0.2, 0) is 14.3 Å². The van der Waals surface area contributed by atoms with Crippen molar-refractivity contribution in [2.24, 2.45) is 34.5 Å². The minimum atomic E-state index is -0.139. The Kier molecular flexibility index (Phi) is 3.94. The van der Waals surface area contributed by atoms with Crippen LogP contribution in [0, 0.1) is 34.5 Å². The van der Waals surface area contributed by atoms with Crippen LogP contribution in [0.3, 0.4) is 0 Å². The molecule has 7 atom stereocenters. The molecule has 2 unspecified atom stereocenters. The average molecular weight is 344 g/mol. The lowest BCUT2D eigenvalue weighted by molar-refractivity contribution is -0.159. The summed E-state index contributed by atoms with van der Waals surface area (Å²) in [6.07, 6.45) is 8.21. The van der Waals surface area contributed by atoms with Gasteiger partial charge in [-0.25, -0.2) is 0 Å². The summed E-state index contributed by atoms with van der Waals surface area (Å²) >= 11 is 0. The number of rotatable bonds is 1. The number of fused-ring (bicyclic) bond motifs is 5. The number of ether oxygens (including phenoxy) is 1. The smallest absolute Gasteiger partial charge is 0.302 e. The molecule has 4 rings (SSSR count). The summed E-state index contributed by atoms with van der Waals surface area (Å²) < 4.78 is 5.73. The number of Topliss-reactive ketones (excluding diaryl/α,β-unsaturated/α-hetero) is 1. The van der Waals surface area contributed by atoms with Gasteiger partial charge in [0.05, 0.1) is 0 Å². The van der Waals surface area contributed by atoms with E-state index in [2.05, 4.69) is 20.4 Å². The zero-order valence-corrected chi connectivity index (χ0v) is 16.0. The fraction of sp³-hybridized carbons (Fsp3) is 0.818. The largest absolute Gasteiger partial charge is 0.462 e. The van der Waals surface area contributed by atoms with Crippen LogP contribution in [0.4, 0.5) is 0 Å². The first-order valence-corrected chi connectivity index (χ1v) is 10.1. The molecule has 0 aromatic heterocycles. The number of carbonyl (C=O) groups is 2. The second-order valence-corrected chi connectivity index (χ2v) is 9.76. The minimum Gasteiger partial charge on any atom is -0.462 e. The van der Waals surface area contributed by atoms with Gasteiger partial charge in [-0.2, -0.15) is 0 Å².